The average molecular weight is 366 g/mol. The molecule has 2 aliphatic rings. The third-order valence-electron chi connectivity index (χ3n) is 5.44. The van der Waals surface area contributed by atoms with Crippen molar-refractivity contribution in [3.8, 4) is 11.5 Å². The highest BCUT2D eigenvalue weighted by atomic mass is 16.7. The maximum absolute atomic E-state index is 13.0. The number of nitrogens with zero attached hydrogens (tertiary/aromatic N) is 2. The first-order valence-corrected chi connectivity index (χ1v) is 9.69. The van der Waals surface area contributed by atoms with E-state index >= 15 is 0 Å². The van der Waals surface area contributed by atoms with Gasteiger partial charge in [-0.25, -0.2) is 0 Å². The molecule has 1 fully saturated rings. The molecule has 4 rings (SSSR count). The first-order chi connectivity index (χ1) is 13.2. The predicted octanol–water partition coefficient (Wildman–Crippen LogP) is 3.25. The Kier molecular flexibility index (Phi) is 5.30. The number of amides is 1. The maximum Gasteiger partial charge on any atom is 0.231 e. The van der Waals surface area contributed by atoms with Crippen molar-refractivity contribution in [1.82, 2.24) is 9.80 Å². The van der Waals surface area contributed by atoms with E-state index in [1.807, 2.05) is 29.2 Å². The minimum absolute atomic E-state index is 0.0355. The summed E-state index contributed by atoms with van der Waals surface area (Å²) in [7, 11) is 0. The number of carbonyl (C=O) groups excluding carboxylic acids is 1. The molecule has 27 heavy (non-hydrogen) atoms. The fourth-order valence-electron chi connectivity index (χ4n) is 3.88. The van der Waals surface area contributed by atoms with Gasteiger partial charge in [0.05, 0.1) is 5.92 Å². The molecule has 2 aromatic carbocycles. The van der Waals surface area contributed by atoms with Crippen LogP contribution in [0.1, 0.15) is 30.4 Å². The van der Waals surface area contributed by atoms with Gasteiger partial charge in [-0.2, -0.15) is 0 Å². The molecule has 0 spiro atoms. The number of carbonyl (C=O) groups is 1. The molecule has 142 valence electrons. The number of hydrogen-bond acceptors (Lipinski definition) is 4. The summed E-state index contributed by atoms with van der Waals surface area (Å²) in [6.07, 6.45) is 0.834. The van der Waals surface area contributed by atoms with E-state index in [2.05, 4.69) is 36.1 Å². The Bertz CT molecular complexity index is 785. The lowest BCUT2D eigenvalue weighted by Crippen LogP contribution is -2.49. The SMILES string of the molecule is CCC(C(=O)N1CCN(Cc2ccc3c(c2)OCO3)CC1)c1ccccc1. The lowest BCUT2D eigenvalue weighted by molar-refractivity contribution is -0.134. The van der Waals surface area contributed by atoms with Gasteiger partial charge in [0.1, 0.15) is 0 Å². The van der Waals surface area contributed by atoms with Gasteiger partial charge in [0.15, 0.2) is 11.5 Å². The Morgan fingerprint density at radius 1 is 1.00 bits per heavy atom. The van der Waals surface area contributed by atoms with Crippen LogP contribution in [-0.2, 0) is 11.3 Å². The van der Waals surface area contributed by atoms with E-state index in [4.69, 9.17) is 9.47 Å². The molecule has 1 unspecified atom stereocenters. The molecule has 0 saturated carbocycles. The van der Waals surface area contributed by atoms with E-state index in [1.165, 1.54) is 5.56 Å². The van der Waals surface area contributed by atoms with Gasteiger partial charge in [-0.05, 0) is 29.7 Å². The summed E-state index contributed by atoms with van der Waals surface area (Å²) in [5.41, 5.74) is 2.34. The van der Waals surface area contributed by atoms with Crippen LogP contribution in [0.5, 0.6) is 11.5 Å². The normalized spacial score (nSPS) is 17.7. The van der Waals surface area contributed by atoms with Crippen LogP contribution in [0, 0.1) is 0 Å². The zero-order valence-electron chi connectivity index (χ0n) is 15.8. The van der Waals surface area contributed by atoms with Crippen LogP contribution in [0.15, 0.2) is 48.5 Å². The van der Waals surface area contributed by atoms with Crippen molar-refractivity contribution in [3.63, 3.8) is 0 Å². The summed E-state index contributed by atoms with van der Waals surface area (Å²) in [5.74, 6) is 1.87. The summed E-state index contributed by atoms with van der Waals surface area (Å²) in [5, 5.41) is 0. The second kappa shape index (κ2) is 8.01. The highest BCUT2D eigenvalue weighted by molar-refractivity contribution is 5.83. The second-order valence-corrected chi connectivity index (χ2v) is 7.16. The Morgan fingerprint density at radius 2 is 1.74 bits per heavy atom. The van der Waals surface area contributed by atoms with Crippen molar-refractivity contribution in [2.45, 2.75) is 25.8 Å². The van der Waals surface area contributed by atoms with Gasteiger partial charge in [-0.3, -0.25) is 9.69 Å². The van der Waals surface area contributed by atoms with Gasteiger partial charge >= 0.3 is 0 Å². The van der Waals surface area contributed by atoms with Gasteiger partial charge in [-0.15, -0.1) is 0 Å². The summed E-state index contributed by atoms with van der Waals surface area (Å²) in [4.78, 5) is 17.4. The van der Waals surface area contributed by atoms with Crippen molar-refractivity contribution in [2.75, 3.05) is 33.0 Å². The summed E-state index contributed by atoms with van der Waals surface area (Å²) < 4.78 is 10.8. The molecule has 0 radical (unpaired) electrons. The van der Waals surface area contributed by atoms with E-state index in [1.54, 1.807) is 0 Å². The quantitative estimate of drug-likeness (QED) is 0.815. The van der Waals surface area contributed by atoms with E-state index < -0.39 is 0 Å². The largest absolute Gasteiger partial charge is 0.454 e. The van der Waals surface area contributed by atoms with Gasteiger partial charge in [0.2, 0.25) is 12.7 Å². The highest BCUT2D eigenvalue weighted by Crippen LogP contribution is 2.33. The van der Waals surface area contributed by atoms with Crippen molar-refractivity contribution < 1.29 is 14.3 Å². The second-order valence-electron chi connectivity index (χ2n) is 7.16. The van der Waals surface area contributed by atoms with Crippen LogP contribution in [0.25, 0.3) is 0 Å². The summed E-state index contributed by atoms with van der Waals surface area (Å²) in [6.45, 7) is 6.62. The average Bonchev–Trinajstić information content (AvgIpc) is 3.18. The topological polar surface area (TPSA) is 42.0 Å². The third kappa shape index (κ3) is 3.93. The van der Waals surface area contributed by atoms with Crippen LogP contribution >= 0.6 is 0 Å². The van der Waals surface area contributed by atoms with Crippen LogP contribution in [0.4, 0.5) is 0 Å². The Labute approximate surface area is 160 Å². The number of benzene rings is 2. The van der Waals surface area contributed by atoms with Crippen molar-refractivity contribution >= 4 is 5.91 Å². The molecule has 2 aliphatic heterocycles. The van der Waals surface area contributed by atoms with Gasteiger partial charge in [0, 0.05) is 32.7 Å². The summed E-state index contributed by atoms with van der Waals surface area (Å²) >= 11 is 0. The molecule has 2 heterocycles. The fraction of sp³-hybridized carbons (Fsp3) is 0.409. The highest BCUT2D eigenvalue weighted by Gasteiger charge is 2.27. The molecule has 0 aromatic heterocycles. The number of piperazine rings is 1. The molecular formula is C22H26N2O3. The lowest BCUT2D eigenvalue weighted by Gasteiger charge is -2.36. The van der Waals surface area contributed by atoms with Crippen molar-refractivity contribution in [1.29, 1.82) is 0 Å². The number of rotatable bonds is 5. The van der Waals surface area contributed by atoms with E-state index in [0.717, 1.165) is 56.2 Å². The lowest BCUT2D eigenvalue weighted by atomic mass is 9.95. The smallest absolute Gasteiger partial charge is 0.231 e. The number of hydrogen-bond donors (Lipinski definition) is 0. The minimum Gasteiger partial charge on any atom is -0.454 e. The zero-order chi connectivity index (χ0) is 18.6. The Hall–Kier alpha value is -2.53. The van der Waals surface area contributed by atoms with Gasteiger partial charge in [0.25, 0.3) is 0 Å². The molecule has 5 heteroatoms. The Morgan fingerprint density at radius 3 is 2.48 bits per heavy atom. The van der Waals surface area contributed by atoms with E-state index in [-0.39, 0.29) is 11.8 Å². The minimum atomic E-state index is -0.0355. The fourth-order valence-corrected chi connectivity index (χ4v) is 3.88. The van der Waals surface area contributed by atoms with Crippen LogP contribution in [0.3, 0.4) is 0 Å². The first-order valence-electron chi connectivity index (χ1n) is 9.69. The standard InChI is InChI=1S/C22H26N2O3/c1-2-19(18-6-4-3-5-7-18)22(25)24-12-10-23(11-13-24)15-17-8-9-20-21(14-17)27-16-26-20/h3-9,14,19H,2,10-13,15-16H2,1H3. The first kappa shape index (κ1) is 17.9. The summed E-state index contributed by atoms with van der Waals surface area (Å²) in [6, 6.07) is 16.3. The maximum atomic E-state index is 13.0. The van der Waals surface area contributed by atoms with E-state index in [9.17, 15) is 4.79 Å². The van der Waals surface area contributed by atoms with Gasteiger partial charge in [-0.1, -0.05) is 43.3 Å². The van der Waals surface area contributed by atoms with Gasteiger partial charge < -0.3 is 14.4 Å². The zero-order valence-corrected chi connectivity index (χ0v) is 15.8. The Balaban J connectivity index is 1.34. The molecule has 1 atom stereocenters. The third-order valence-corrected chi connectivity index (χ3v) is 5.44. The molecular weight excluding hydrogens is 340 g/mol. The molecule has 1 saturated heterocycles. The number of ether oxygens (including phenoxy) is 2. The molecule has 0 aliphatic carbocycles. The van der Waals surface area contributed by atoms with Crippen molar-refractivity contribution in [3.05, 3.63) is 59.7 Å². The monoisotopic (exact) mass is 366 g/mol. The van der Waals surface area contributed by atoms with Crippen LogP contribution in [0.2, 0.25) is 0 Å². The molecule has 0 bridgehead atoms. The van der Waals surface area contributed by atoms with Crippen LogP contribution < -0.4 is 9.47 Å². The number of fused-ring (bicyclic) bond motifs is 1. The predicted molar refractivity (Wildman–Crippen MR) is 104 cm³/mol. The van der Waals surface area contributed by atoms with Crippen LogP contribution in [-0.4, -0.2) is 48.7 Å². The molecule has 5 nitrogen and oxygen atoms in total. The molecule has 2 aromatic rings. The van der Waals surface area contributed by atoms with E-state index in [0.29, 0.717) is 6.79 Å². The molecule has 1 amide bonds. The van der Waals surface area contributed by atoms with Crippen molar-refractivity contribution in [2.24, 2.45) is 0 Å². The molecule has 0 N–H and O–H groups in total.